The molecule has 5 nitrogen and oxygen atoms in total. The Labute approximate surface area is 124 Å². The quantitative estimate of drug-likeness (QED) is 0.907. The molecule has 1 aliphatic heterocycles. The number of rotatable bonds is 4. The van der Waals surface area contributed by atoms with Gasteiger partial charge in [0.2, 0.25) is 10.0 Å². The van der Waals surface area contributed by atoms with Gasteiger partial charge in [-0.15, -0.1) is 0 Å². The number of nitrogens with zero attached hydrogens (tertiary/aromatic N) is 2. The van der Waals surface area contributed by atoms with Gasteiger partial charge in [0.05, 0.1) is 17.9 Å². The van der Waals surface area contributed by atoms with Crippen LogP contribution >= 0.6 is 0 Å². The average molecular weight is 311 g/mol. The first-order valence-electron chi connectivity index (χ1n) is 6.77. The molecule has 1 aromatic carbocycles. The van der Waals surface area contributed by atoms with Crippen LogP contribution in [0.2, 0.25) is 0 Å². The minimum Gasteiger partial charge on any atom is -0.310 e. The normalized spacial score (nSPS) is 17.6. The number of nitrogens with one attached hydrogen (secondary N) is 1. The highest BCUT2D eigenvalue weighted by Gasteiger charge is 2.24. The first-order valence-corrected chi connectivity index (χ1v) is 8.62. The molecule has 0 amide bonds. The lowest BCUT2D eigenvalue weighted by atomic mass is 10.0. The second-order valence-electron chi connectivity index (χ2n) is 5.23. The van der Waals surface area contributed by atoms with Crippen LogP contribution in [0.5, 0.6) is 0 Å². The Morgan fingerprint density at radius 2 is 2.10 bits per heavy atom. The van der Waals surface area contributed by atoms with Gasteiger partial charge in [-0.3, -0.25) is 0 Å². The molecule has 1 N–H and O–H groups in total. The van der Waals surface area contributed by atoms with E-state index in [2.05, 4.69) is 5.32 Å². The van der Waals surface area contributed by atoms with E-state index in [0.29, 0.717) is 43.6 Å². The van der Waals surface area contributed by atoms with Crippen LogP contribution in [-0.4, -0.2) is 38.1 Å². The van der Waals surface area contributed by atoms with Crippen LogP contribution in [0.25, 0.3) is 0 Å². The third-order valence-electron chi connectivity index (χ3n) is 3.69. The van der Waals surface area contributed by atoms with Crippen LogP contribution < -0.4 is 5.32 Å². The second kappa shape index (κ2) is 6.52. The highest BCUT2D eigenvalue weighted by Crippen LogP contribution is 2.15. The van der Waals surface area contributed by atoms with Crippen LogP contribution in [0.1, 0.15) is 24.0 Å². The third kappa shape index (κ3) is 4.24. The summed E-state index contributed by atoms with van der Waals surface area (Å²) in [6, 6.07) is 6.32. The molecule has 0 bridgehead atoms. The molecule has 1 fully saturated rings. The molecule has 0 spiro atoms. The minimum atomic E-state index is -3.12. The largest absolute Gasteiger partial charge is 0.310 e. The first kappa shape index (κ1) is 15.9. The van der Waals surface area contributed by atoms with Crippen molar-refractivity contribution in [3.05, 3.63) is 35.1 Å². The molecule has 114 valence electrons. The molecule has 0 unspecified atom stereocenters. The number of hydrogen-bond donors (Lipinski definition) is 1. The van der Waals surface area contributed by atoms with Gasteiger partial charge in [0.1, 0.15) is 5.82 Å². The van der Waals surface area contributed by atoms with E-state index in [-0.39, 0.29) is 11.9 Å². The average Bonchev–Trinajstić information content (AvgIpc) is 2.45. The molecule has 0 atom stereocenters. The molecule has 1 heterocycles. The van der Waals surface area contributed by atoms with E-state index in [1.165, 1.54) is 28.8 Å². The van der Waals surface area contributed by atoms with Crippen molar-refractivity contribution in [2.75, 3.05) is 19.3 Å². The number of sulfonamides is 1. The van der Waals surface area contributed by atoms with Crippen molar-refractivity contribution < 1.29 is 12.8 Å². The lowest BCUT2D eigenvalue weighted by molar-refractivity contribution is 0.290. The van der Waals surface area contributed by atoms with Gasteiger partial charge in [0.15, 0.2) is 0 Å². The number of piperidine rings is 1. The number of benzene rings is 1. The fourth-order valence-electron chi connectivity index (χ4n) is 2.46. The Kier molecular flexibility index (Phi) is 4.93. The number of halogens is 1. The van der Waals surface area contributed by atoms with E-state index >= 15 is 0 Å². The zero-order valence-electron chi connectivity index (χ0n) is 11.8. The first-order chi connectivity index (χ1) is 9.90. The van der Waals surface area contributed by atoms with Crippen LogP contribution in [0.4, 0.5) is 4.39 Å². The summed E-state index contributed by atoms with van der Waals surface area (Å²) in [6.07, 6.45) is 2.64. The highest BCUT2D eigenvalue weighted by molar-refractivity contribution is 7.88. The summed E-state index contributed by atoms with van der Waals surface area (Å²) in [5, 5.41) is 12.3. The van der Waals surface area contributed by atoms with Crippen molar-refractivity contribution in [1.29, 1.82) is 5.26 Å². The molecule has 7 heteroatoms. The Hall–Kier alpha value is -1.49. The van der Waals surface area contributed by atoms with E-state index < -0.39 is 10.0 Å². The van der Waals surface area contributed by atoms with Gasteiger partial charge in [-0.2, -0.15) is 5.26 Å². The summed E-state index contributed by atoms with van der Waals surface area (Å²) in [5.41, 5.74) is 1.08. The van der Waals surface area contributed by atoms with Gasteiger partial charge in [-0.1, -0.05) is 0 Å². The van der Waals surface area contributed by atoms with Crippen molar-refractivity contribution >= 4 is 10.0 Å². The minimum absolute atomic E-state index is 0.179. The fraction of sp³-hybridized carbons (Fsp3) is 0.500. The maximum absolute atomic E-state index is 13.2. The highest BCUT2D eigenvalue weighted by atomic mass is 32.2. The lowest BCUT2D eigenvalue weighted by Crippen LogP contribution is -2.44. The molecule has 1 aliphatic rings. The van der Waals surface area contributed by atoms with Crippen LogP contribution in [0.3, 0.4) is 0 Å². The van der Waals surface area contributed by atoms with Gasteiger partial charge in [-0.05, 0) is 36.6 Å². The SMILES string of the molecule is CS(=O)(=O)N1CCC(NCc2cc(F)ccc2C#N)CC1. The zero-order valence-corrected chi connectivity index (χ0v) is 12.7. The molecule has 1 aromatic rings. The lowest BCUT2D eigenvalue weighted by Gasteiger charge is -2.30. The second-order valence-corrected chi connectivity index (χ2v) is 7.21. The predicted molar refractivity (Wildman–Crippen MR) is 77.4 cm³/mol. The van der Waals surface area contributed by atoms with Gasteiger partial charge in [0, 0.05) is 25.7 Å². The van der Waals surface area contributed by atoms with Gasteiger partial charge >= 0.3 is 0 Å². The van der Waals surface area contributed by atoms with E-state index in [4.69, 9.17) is 5.26 Å². The molecule has 2 rings (SSSR count). The summed E-state index contributed by atoms with van der Waals surface area (Å²) in [7, 11) is -3.12. The van der Waals surface area contributed by atoms with Crippen molar-refractivity contribution in [3.63, 3.8) is 0 Å². The molecule has 0 radical (unpaired) electrons. The molecular formula is C14H18FN3O2S. The zero-order chi connectivity index (χ0) is 15.5. The predicted octanol–water partition coefficient (Wildman–Crippen LogP) is 1.21. The Morgan fingerprint density at radius 1 is 1.43 bits per heavy atom. The van der Waals surface area contributed by atoms with Crippen LogP contribution in [-0.2, 0) is 16.6 Å². The maximum Gasteiger partial charge on any atom is 0.211 e. The van der Waals surface area contributed by atoms with Crippen molar-refractivity contribution in [2.24, 2.45) is 0 Å². The third-order valence-corrected chi connectivity index (χ3v) is 5.00. The standard InChI is InChI=1S/C14H18FN3O2S/c1-21(19,20)18-6-4-14(5-7-18)17-10-12-8-13(15)3-2-11(12)9-16/h2-3,8,14,17H,4-7,10H2,1H3. The van der Waals surface area contributed by atoms with E-state index in [9.17, 15) is 12.8 Å². The van der Waals surface area contributed by atoms with Crippen LogP contribution in [0, 0.1) is 17.1 Å². The monoisotopic (exact) mass is 311 g/mol. The Balaban J connectivity index is 1.91. The number of nitriles is 1. The summed E-state index contributed by atoms with van der Waals surface area (Å²) in [4.78, 5) is 0. The van der Waals surface area contributed by atoms with E-state index in [0.717, 1.165) is 0 Å². The summed E-state index contributed by atoms with van der Waals surface area (Å²) in [6.45, 7) is 1.39. The molecule has 0 aromatic heterocycles. The van der Waals surface area contributed by atoms with Crippen LogP contribution in [0.15, 0.2) is 18.2 Å². The molecule has 0 saturated carbocycles. The van der Waals surface area contributed by atoms with Gasteiger partial charge in [0.25, 0.3) is 0 Å². The fourth-order valence-corrected chi connectivity index (χ4v) is 3.34. The molecule has 0 aliphatic carbocycles. The van der Waals surface area contributed by atoms with Crippen molar-refractivity contribution in [2.45, 2.75) is 25.4 Å². The van der Waals surface area contributed by atoms with Crippen molar-refractivity contribution in [3.8, 4) is 6.07 Å². The van der Waals surface area contributed by atoms with Gasteiger partial charge in [-0.25, -0.2) is 17.1 Å². The van der Waals surface area contributed by atoms with E-state index in [1.54, 1.807) is 0 Å². The summed E-state index contributed by atoms with van der Waals surface area (Å²) >= 11 is 0. The summed E-state index contributed by atoms with van der Waals surface area (Å²) in [5.74, 6) is -0.363. The summed E-state index contributed by atoms with van der Waals surface area (Å²) < 4.78 is 37.5. The Bertz CT molecular complexity index is 647. The smallest absolute Gasteiger partial charge is 0.211 e. The van der Waals surface area contributed by atoms with E-state index in [1.807, 2.05) is 6.07 Å². The van der Waals surface area contributed by atoms with Gasteiger partial charge < -0.3 is 5.32 Å². The molecule has 21 heavy (non-hydrogen) atoms. The maximum atomic E-state index is 13.2. The molecular weight excluding hydrogens is 293 g/mol. The topological polar surface area (TPSA) is 73.2 Å². The Morgan fingerprint density at radius 3 is 2.67 bits per heavy atom. The van der Waals surface area contributed by atoms with Crippen molar-refractivity contribution in [1.82, 2.24) is 9.62 Å². The molecule has 1 saturated heterocycles. The number of hydrogen-bond acceptors (Lipinski definition) is 4.